The quantitative estimate of drug-likeness (QED) is 0.0582. The molecular formula is C61H66Cl2F6N8O9. The van der Waals surface area contributed by atoms with Crippen molar-refractivity contribution in [3.63, 3.8) is 0 Å². The van der Waals surface area contributed by atoms with E-state index in [1.165, 1.54) is 55.3 Å². The normalized spacial score (nSPS) is 15.6. The average molecular weight is 1240 g/mol. The number of alkyl halides is 4. The Kier molecular flexibility index (Phi) is 23.5. The van der Waals surface area contributed by atoms with E-state index in [4.69, 9.17) is 32.8 Å². The minimum Gasteiger partial charge on any atom is -0.350 e. The second kappa shape index (κ2) is 30.0. The number of nitrogens with one attached hydrogen (secondary N) is 3. The molecule has 460 valence electrons. The number of para-hydroxylation sites is 1. The number of carbonyl (C=O) groups excluding carboxylic acids is 9. The molecule has 10 rings (SSSR count). The third-order valence-corrected chi connectivity index (χ3v) is 15.1. The molecular weight excluding hydrogens is 1170 g/mol. The Hall–Kier alpha value is -7.85. The van der Waals surface area contributed by atoms with E-state index in [2.05, 4.69) is 16.0 Å². The van der Waals surface area contributed by atoms with Crippen molar-refractivity contribution >= 4 is 92.3 Å². The van der Waals surface area contributed by atoms with Gasteiger partial charge in [-0.25, -0.2) is 26.3 Å². The van der Waals surface area contributed by atoms with E-state index in [0.717, 1.165) is 48.0 Å². The van der Waals surface area contributed by atoms with E-state index in [1.54, 1.807) is 44.5 Å². The van der Waals surface area contributed by atoms with E-state index in [9.17, 15) is 59.9 Å². The zero-order chi connectivity index (χ0) is 61.8. The van der Waals surface area contributed by atoms with Crippen LogP contribution in [-0.4, -0.2) is 134 Å². The van der Waals surface area contributed by atoms with Gasteiger partial charge >= 0.3 is 6.15 Å². The van der Waals surface area contributed by atoms with Crippen molar-refractivity contribution in [1.29, 1.82) is 0 Å². The van der Waals surface area contributed by atoms with E-state index < -0.39 is 41.8 Å². The molecule has 0 atom stereocenters. The number of amides is 5. The summed E-state index contributed by atoms with van der Waals surface area (Å²) in [6.45, 7) is 2.49. The second-order valence-corrected chi connectivity index (χ2v) is 21.9. The maximum atomic E-state index is 14.2. The molecule has 86 heavy (non-hydrogen) atoms. The molecule has 4 fully saturated rings. The van der Waals surface area contributed by atoms with Crippen LogP contribution in [0.25, 0.3) is 21.8 Å². The van der Waals surface area contributed by atoms with Gasteiger partial charge in [-0.2, -0.15) is 9.59 Å². The lowest BCUT2D eigenvalue weighted by atomic mass is 10.0. The predicted molar refractivity (Wildman–Crippen MR) is 309 cm³/mol. The first-order chi connectivity index (χ1) is 40.4. The van der Waals surface area contributed by atoms with Gasteiger partial charge in [-0.1, -0.05) is 73.1 Å². The van der Waals surface area contributed by atoms with Gasteiger partial charge in [-0.3, -0.25) is 33.6 Å². The maximum Gasteiger partial charge on any atom is 0.373 e. The topological polar surface area (TPSA) is 209 Å². The van der Waals surface area contributed by atoms with Gasteiger partial charge in [0.1, 0.15) is 24.7 Å². The Morgan fingerprint density at radius 3 is 1.57 bits per heavy atom. The van der Waals surface area contributed by atoms with Crippen LogP contribution in [0.4, 0.5) is 26.3 Å². The summed E-state index contributed by atoms with van der Waals surface area (Å²) in [5, 5.41) is 9.10. The lowest BCUT2D eigenvalue weighted by Gasteiger charge is -2.32. The second-order valence-electron chi connectivity index (χ2n) is 21.1. The molecule has 17 nitrogen and oxygen atoms in total. The van der Waals surface area contributed by atoms with Gasteiger partial charge in [0.2, 0.25) is 23.6 Å². The molecule has 3 N–H and O–H groups in total. The Morgan fingerprint density at radius 2 is 1.13 bits per heavy atom. The first-order valence-corrected chi connectivity index (χ1v) is 28.1. The average Bonchev–Trinajstić information content (AvgIpc) is 2.54. The number of nitrogens with zero attached hydrogens (tertiary/aromatic N) is 5. The van der Waals surface area contributed by atoms with E-state index in [0.29, 0.717) is 22.9 Å². The van der Waals surface area contributed by atoms with E-state index >= 15 is 0 Å². The minimum atomic E-state index is -2.94. The molecule has 2 saturated heterocycles. The van der Waals surface area contributed by atoms with Crippen LogP contribution in [0, 0.1) is 11.6 Å². The van der Waals surface area contributed by atoms with E-state index in [-0.39, 0.29) is 159 Å². The molecule has 2 aliphatic heterocycles. The molecule has 2 aliphatic carbocycles. The lowest BCUT2D eigenvalue weighted by molar-refractivity contribution is -0.191. The number of piperidine rings is 2. The van der Waals surface area contributed by atoms with Crippen molar-refractivity contribution in [3.05, 3.63) is 141 Å². The van der Waals surface area contributed by atoms with Crippen molar-refractivity contribution in [2.45, 2.75) is 123 Å². The Balaban J connectivity index is 0.000000237. The summed E-state index contributed by atoms with van der Waals surface area (Å²) < 4.78 is 83.7. The highest BCUT2D eigenvalue weighted by molar-refractivity contribution is 6.31. The maximum absolute atomic E-state index is 14.2. The van der Waals surface area contributed by atoms with Crippen molar-refractivity contribution in [2.75, 3.05) is 39.3 Å². The fraction of sp³-hybridized carbons (Fsp3) is 0.410. The van der Waals surface area contributed by atoms with Gasteiger partial charge in [-0.05, 0) is 95.3 Å². The predicted octanol–water partition coefficient (Wildman–Crippen LogP) is 9.82. The summed E-state index contributed by atoms with van der Waals surface area (Å²) in [5.41, 5.74) is 2.85. The molecule has 2 aromatic heterocycles. The summed E-state index contributed by atoms with van der Waals surface area (Å²) in [7, 11) is 0. The number of fused-ring (bicyclic) bond motifs is 2. The Morgan fingerprint density at radius 1 is 0.651 bits per heavy atom. The van der Waals surface area contributed by atoms with Crippen molar-refractivity contribution in [3.8, 4) is 0 Å². The highest BCUT2D eigenvalue weighted by Gasteiger charge is 2.39. The fourth-order valence-corrected chi connectivity index (χ4v) is 10.3. The monoisotopic (exact) mass is 1240 g/mol. The van der Waals surface area contributed by atoms with Crippen LogP contribution in [0.5, 0.6) is 0 Å². The van der Waals surface area contributed by atoms with Gasteiger partial charge in [0.25, 0.3) is 17.8 Å². The van der Waals surface area contributed by atoms with Crippen molar-refractivity contribution in [1.82, 2.24) is 39.8 Å². The summed E-state index contributed by atoms with van der Waals surface area (Å²) >= 11 is 11.6. The molecule has 5 amide bonds. The van der Waals surface area contributed by atoms with Crippen LogP contribution < -0.4 is 16.0 Å². The zero-order valence-electron chi connectivity index (χ0n) is 46.5. The number of aromatic nitrogens is 2. The molecule has 4 aromatic carbocycles. The highest BCUT2D eigenvalue weighted by atomic mass is 35.5. The number of hydrogen-bond acceptors (Lipinski definition) is 10. The first kappa shape index (κ1) is 67.3. The minimum absolute atomic E-state index is 0. The van der Waals surface area contributed by atoms with Crippen LogP contribution >= 0.6 is 23.2 Å². The zero-order valence-corrected chi connectivity index (χ0v) is 48.0. The fourth-order valence-electron chi connectivity index (χ4n) is 9.92. The molecule has 0 radical (unpaired) electrons. The summed E-state index contributed by atoms with van der Waals surface area (Å²) in [6, 6.07) is 21.0. The third kappa shape index (κ3) is 18.1. The molecule has 0 spiro atoms. The number of benzene rings is 4. The summed E-state index contributed by atoms with van der Waals surface area (Å²) in [5.74, 6) is -8.82. The number of likely N-dealkylation sites (tertiary alicyclic amines) is 1. The molecule has 4 aliphatic rings. The number of rotatable bonds is 17. The SMILES string of the molecule is C.CC(=O)c1cn(CC(=O)N(CC(=O)NCc2cccc(Cl)c2F)C2CC2)c2ccc(C(=O)N3CCCC(F)(F)C3)cc12.CC(=O)c1cn(CC(=O)N(CC(=O)NCc2cccc(Cl)c2F)C2CC2)c2ccccc12.FC1(F)CCCNC1.O=C=O. The summed E-state index contributed by atoms with van der Waals surface area (Å²) in [6.07, 6.45) is 7.24. The van der Waals surface area contributed by atoms with Crippen molar-refractivity contribution < 1.29 is 69.5 Å². The number of halogens is 8. The molecule has 4 heterocycles. The van der Waals surface area contributed by atoms with Crippen LogP contribution in [0.1, 0.15) is 115 Å². The molecule has 0 unspecified atom stereocenters. The van der Waals surface area contributed by atoms with Crippen LogP contribution in [0.2, 0.25) is 10.0 Å². The Labute approximate surface area is 502 Å². The number of hydrogen-bond donors (Lipinski definition) is 3. The van der Waals surface area contributed by atoms with Crippen LogP contribution in [0.15, 0.2) is 91.3 Å². The van der Waals surface area contributed by atoms with Crippen LogP contribution in [0.3, 0.4) is 0 Å². The summed E-state index contributed by atoms with van der Waals surface area (Å²) in [4.78, 5) is 110. The van der Waals surface area contributed by atoms with Crippen molar-refractivity contribution in [2.24, 2.45) is 0 Å². The molecule has 6 aromatic rings. The molecule has 0 bridgehead atoms. The number of Topliss-reactive ketones (excluding diaryl/α,β-unsaturated/α-hetero) is 2. The largest absolute Gasteiger partial charge is 0.373 e. The van der Waals surface area contributed by atoms with Gasteiger partial charge in [0.05, 0.1) is 36.2 Å². The molecule has 25 heteroatoms. The van der Waals surface area contributed by atoms with Gasteiger partial charge in [0, 0.05) is 107 Å². The van der Waals surface area contributed by atoms with Gasteiger partial charge < -0.3 is 39.8 Å². The van der Waals surface area contributed by atoms with Crippen LogP contribution in [-0.2, 0) is 54.9 Å². The first-order valence-electron chi connectivity index (χ1n) is 27.4. The molecule has 2 saturated carbocycles. The van der Waals surface area contributed by atoms with Gasteiger partial charge in [-0.15, -0.1) is 0 Å². The number of carbonyl (C=O) groups is 7. The standard InChI is InChI=1S/C30H30ClF3N4O4.C24H23ClFN3O3.C5H9F2N.CO2.CH4/c1-18(39)23-14-37(25-9-6-19(12-22(23)25)29(42)36-11-3-10-30(33,34)17-36)16-27(41)38(21-7-8-21)15-26(40)35-13-20-4-2-5-24(31)28(20)32;1-15(30)19-12-28(21-8-3-2-6-18(19)21)14-23(32)29(17-9-10-17)13-22(31)27-11-16-5-4-7-20(25)24(16)26;6-5(7)2-1-3-8-4-5;2-1-3;/h2,4-6,9,12,14,21H,3,7-8,10-11,13,15-17H2,1H3,(H,35,40);2-8,12,17H,9-11,13-14H2,1H3,(H,27,31);8H,1-4H2;;1H4. The third-order valence-electron chi connectivity index (χ3n) is 14.5. The van der Waals surface area contributed by atoms with E-state index in [1.807, 2.05) is 24.3 Å². The Bertz CT molecular complexity index is 3500. The lowest BCUT2D eigenvalue weighted by Crippen LogP contribution is -2.45. The number of ketones is 2. The smallest absolute Gasteiger partial charge is 0.350 e. The highest BCUT2D eigenvalue weighted by Crippen LogP contribution is 2.32. The van der Waals surface area contributed by atoms with Gasteiger partial charge in [0.15, 0.2) is 11.6 Å².